The third-order valence-corrected chi connectivity index (χ3v) is 6.00. The molecular weight excluding hydrogens is 328 g/mol. The number of ether oxygens (including phenoxy) is 2. The van der Waals surface area contributed by atoms with Crippen molar-refractivity contribution < 1.29 is 14.3 Å². The minimum Gasteiger partial charge on any atom is -0.381 e. The lowest BCUT2D eigenvalue weighted by Crippen LogP contribution is -2.58. The van der Waals surface area contributed by atoms with Gasteiger partial charge in [0.25, 0.3) is 5.91 Å². The van der Waals surface area contributed by atoms with Gasteiger partial charge in [0.05, 0.1) is 18.3 Å². The number of hydrogen-bond donors (Lipinski definition) is 0. The van der Waals surface area contributed by atoms with Crippen LogP contribution in [-0.2, 0) is 16.5 Å². The minimum absolute atomic E-state index is 0.0627. The summed E-state index contributed by atoms with van der Waals surface area (Å²) in [6.07, 6.45) is 5.17. The van der Waals surface area contributed by atoms with Gasteiger partial charge in [0.2, 0.25) is 0 Å². The quantitative estimate of drug-likeness (QED) is 0.845. The highest BCUT2D eigenvalue weighted by Crippen LogP contribution is 2.41. The molecule has 3 heterocycles. The van der Waals surface area contributed by atoms with Gasteiger partial charge in [-0.3, -0.25) is 4.79 Å². The van der Waals surface area contributed by atoms with E-state index in [0.717, 1.165) is 55.4 Å². The maximum atomic E-state index is 13.3. The van der Waals surface area contributed by atoms with Crippen LogP contribution >= 0.6 is 0 Å². The maximum absolute atomic E-state index is 13.3. The molecule has 0 radical (unpaired) electrons. The SMILES string of the molecule is CCOC[C@@]12CCCO[C@H]1CCN(C(=O)c1cn(C)c3ccccc13)C2. The van der Waals surface area contributed by atoms with E-state index in [1.807, 2.05) is 47.8 Å². The van der Waals surface area contributed by atoms with Gasteiger partial charge in [-0.25, -0.2) is 0 Å². The highest BCUT2D eigenvalue weighted by molar-refractivity contribution is 6.07. The van der Waals surface area contributed by atoms with Crippen molar-refractivity contribution in [3.63, 3.8) is 0 Å². The van der Waals surface area contributed by atoms with E-state index in [1.54, 1.807) is 0 Å². The first-order valence-electron chi connectivity index (χ1n) is 9.67. The molecule has 5 heteroatoms. The molecule has 4 rings (SSSR count). The average molecular weight is 356 g/mol. The van der Waals surface area contributed by atoms with Gasteiger partial charge in [-0.15, -0.1) is 0 Å². The van der Waals surface area contributed by atoms with E-state index < -0.39 is 0 Å². The van der Waals surface area contributed by atoms with Crippen LogP contribution in [0.2, 0.25) is 0 Å². The number of carbonyl (C=O) groups is 1. The highest BCUT2D eigenvalue weighted by Gasteiger charge is 2.47. The molecule has 2 saturated heterocycles. The summed E-state index contributed by atoms with van der Waals surface area (Å²) >= 11 is 0. The average Bonchev–Trinajstić information content (AvgIpc) is 3.02. The number of hydrogen-bond acceptors (Lipinski definition) is 3. The molecule has 2 aliphatic heterocycles. The minimum atomic E-state index is -0.0627. The molecule has 1 amide bonds. The number of para-hydroxylation sites is 1. The number of benzene rings is 1. The van der Waals surface area contributed by atoms with E-state index in [4.69, 9.17) is 9.47 Å². The molecule has 0 aliphatic carbocycles. The van der Waals surface area contributed by atoms with Crippen molar-refractivity contribution in [3.05, 3.63) is 36.0 Å². The number of rotatable bonds is 4. The van der Waals surface area contributed by atoms with E-state index in [1.165, 1.54) is 0 Å². The third-order valence-electron chi connectivity index (χ3n) is 6.00. The lowest BCUT2D eigenvalue weighted by Gasteiger charge is -2.50. The van der Waals surface area contributed by atoms with E-state index in [0.29, 0.717) is 13.2 Å². The number of aromatic nitrogens is 1. The summed E-state index contributed by atoms with van der Waals surface area (Å²) in [7, 11) is 2.00. The second-order valence-corrected chi connectivity index (χ2v) is 7.65. The molecule has 1 aromatic carbocycles. The van der Waals surface area contributed by atoms with Gasteiger partial charge in [-0.05, 0) is 32.3 Å². The molecule has 26 heavy (non-hydrogen) atoms. The Morgan fingerprint density at radius 3 is 3.08 bits per heavy atom. The van der Waals surface area contributed by atoms with Crippen LogP contribution in [0.3, 0.4) is 0 Å². The molecule has 0 unspecified atom stereocenters. The first kappa shape index (κ1) is 17.6. The van der Waals surface area contributed by atoms with Gasteiger partial charge < -0.3 is 18.9 Å². The zero-order valence-corrected chi connectivity index (χ0v) is 15.7. The molecule has 2 atom stereocenters. The van der Waals surface area contributed by atoms with Crippen molar-refractivity contribution in [1.82, 2.24) is 9.47 Å². The zero-order valence-electron chi connectivity index (χ0n) is 15.7. The van der Waals surface area contributed by atoms with E-state index >= 15 is 0 Å². The van der Waals surface area contributed by atoms with Crippen LogP contribution in [0.25, 0.3) is 10.9 Å². The zero-order chi connectivity index (χ0) is 18.1. The van der Waals surface area contributed by atoms with Crippen LogP contribution < -0.4 is 0 Å². The lowest BCUT2D eigenvalue weighted by atomic mass is 9.73. The van der Waals surface area contributed by atoms with Gasteiger partial charge in [-0.2, -0.15) is 0 Å². The summed E-state index contributed by atoms with van der Waals surface area (Å²) in [5.74, 6) is 0.127. The Bertz CT molecular complexity index is 800. The largest absolute Gasteiger partial charge is 0.381 e. The number of likely N-dealkylation sites (tertiary alicyclic amines) is 1. The first-order chi connectivity index (χ1) is 12.6. The topological polar surface area (TPSA) is 43.7 Å². The van der Waals surface area contributed by atoms with Gasteiger partial charge in [0, 0.05) is 55.9 Å². The van der Waals surface area contributed by atoms with Crippen LogP contribution in [0.1, 0.15) is 36.5 Å². The standard InChI is InChI=1S/C21H28N2O3/c1-3-25-15-21-10-6-12-26-19(21)9-11-23(14-21)20(24)17-13-22(2)18-8-5-4-7-16(17)18/h4-5,7-8,13,19H,3,6,9-12,14-15H2,1-2H3/t19-,21-/m0/s1. The second kappa shape index (κ2) is 7.05. The van der Waals surface area contributed by atoms with Crippen LogP contribution in [0.4, 0.5) is 0 Å². The number of nitrogens with zero attached hydrogens (tertiary/aromatic N) is 2. The van der Waals surface area contributed by atoms with Crippen molar-refractivity contribution >= 4 is 16.8 Å². The fourth-order valence-electron chi connectivity index (χ4n) is 4.66. The summed E-state index contributed by atoms with van der Waals surface area (Å²) in [5, 5.41) is 1.03. The van der Waals surface area contributed by atoms with E-state index in [2.05, 4.69) is 6.07 Å². The third kappa shape index (κ3) is 2.93. The first-order valence-corrected chi connectivity index (χ1v) is 9.67. The van der Waals surface area contributed by atoms with Crippen molar-refractivity contribution in [1.29, 1.82) is 0 Å². The lowest BCUT2D eigenvalue weighted by molar-refractivity contribution is -0.146. The molecule has 5 nitrogen and oxygen atoms in total. The fourth-order valence-corrected chi connectivity index (χ4v) is 4.66. The molecular formula is C21H28N2O3. The smallest absolute Gasteiger partial charge is 0.256 e. The van der Waals surface area contributed by atoms with E-state index in [-0.39, 0.29) is 17.4 Å². The summed E-state index contributed by atoms with van der Waals surface area (Å²) < 4.78 is 13.9. The summed E-state index contributed by atoms with van der Waals surface area (Å²) in [5.41, 5.74) is 1.83. The van der Waals surface area contributed by atoms with Gasteiger partial charge >= 0.3 is 0 Å². The number of amides is 1. The Kier molecular flexibility index (Phi) is 4.76. The highest BCUT2D eigenvalue weighted by atomic mass is 16.5. The molecule has 2 aromatic rings. The van der Waals surface area contributed by atoms with Gasteiger partial charge in [0.15, 0.2) is 0 Å². The molecule has 2 fully saturated rings. The van der Waals surface area contributed by atoms with E-state index in [9.17, 15) is 4.79 Å². The predicted octanol–water partition coefficient (Wildman–Crippen LogP) is 3.23. The number of piperidine rings is 1. The molecule has 0 bridgehead atoms. The van der Waals surface area contributed by atoms with Crippen molar-refractivity contribution in [2.24, 2.45) is 12.5 Å². The molecule has 0 saturated carbocycles. The predicted molar refractivity (Wildman–Crippen MR) is 101 cm³/mol. The summed E-state index contributed by atoms with van der Waals surface area (Å²) in [6.45, 7) is 5.70. The van der Waals surface area contributed by atoms with Gasteiger partial charge in [-0.1, -0.05) is 18.2 Å². The Balaban J connectivity index is 1.62. The Labute approximate surface area is 154 Å². The number of carbonyl (C=O) groups excluding carboxylic acids is 1. The molecule has 0 spiro atoms. The van der Waals surface area contributed by atoms with Crippen molar-refractivity contribution in [3.8, 4) is 0 Å². The van der Waals surface area contributed by atoms with Crippen LogP contribution in [0.5, 0.6) is 0 Å². The van der Waals surface area contributed by atoms with Crippen LogP contribution in [0, 0.1) is 5.41 Å². The van der Waals surface area contributed by atoms with Crippen molar-refractivity contribution in [2.45, 2.75) is 32.3 Å². The monoisotopic (exact) mass is 356 g/mol. The second-order valence-electron chi connectivity index (χ2n) is 7.65. The van der Waals surface area contributed by atoms with Crippen LogP contribution in [0.15, 0.2) is 30.5 Å². The Hall–Kier alpha value is -1.85. The molecule has 140 valence electrons. The fraction of sp³-hybridized carbons (Fsp3) is 0.571. The van der Waals surface area contributed by atoms with Crippen molar-refractivity contribution in [2.75, 3.05) is 32.9 Å². The summed E-state index contributed by atoms with van der Waals surface area (Å²) in [4.78, 5) is 15.4. The molecule has 1 aromatic heterocycles. The molecule has 0 N–H and O–H groups in total. The Morgan fingerprint density at radius 1 is 1.38 bits per heavy atom. The number of fused-ring (bicyclic) bond motifs is 2. The normalized spacial score (nSPS) is 26.1. The summed E-state index contributed by atoms with van der Waals surface area (Å²) in [6, 6.07) is 8.11. The molecule has 2 aliphatic rings. The maximum Gasteiger partial charge on any atom is 0.256 e. The number of aryl methyl sites for hydroxylation is 1. The van der Waals surface area contributed by atoms with Gasteiger partial charge in [0.1, 0.15) is 0 Å². The Morgan fingerprint density at radius 2 is 2.23 bits per heavy atom. The van der Waals surface area contributed by atoms with Crippen LogP contribution in [-0.4, -0.2) is 54.4 Å².